The van der Waals surface area contributed by atoms with Crippen molar-refractivity contribution in [1.82, 2.24) is 0 Å². The standard InChI is InChI=1S/C14H8Br4O/c15-10-3-8(4-11(16)7-10)1-2-9-5-12(17)14(19)13(18)6-9/h1-7,19H/b2-1+. The maximum Gasteiger partial charge on any atom is 0.143 e. The minimum absolute atomic E-state index is 0.211. The van der Waals surface area contributed by atoms with Gasteiger partial charge in [-0.25, -0.2) is 0 Å². The highest BCUT2D eigenvalue weighted by Crippen LogP contribution is 2.34. The summed E-state index contributed by atoms with van der Waals surface area (Å²) < 4.78 is 3.37. The summed E-state index contributed by atoms with van der Waals surface area (Å²) in [6, 6.07) is 9.79. The van der Waals surface area contributed by atoms with Gasteiger partial charge in [0.1, 0.15) is 5.75 Å². The van der Waals surface area contributed by atoms with Crippen LogP contribution in [0.25, 0.3) is 12.2 Å². The fraction of sp³-hybridized carbons (Fsp3) is 0. The molecule has 0 amide bonds. The Morgan fingerprint density at radius 3 is 1.58 bits per heavy atom. The van der Waals surface area contributed by atoms with Gasteiger partial charge in [0.05, 0.1) is 8.95 Å². The number of phenolic OH excluding ortho intramolecular Hbond substituents is 1. The van der Waals surface area contributed by atoms with Gasteiger partial charge in [0.25, 0.3) is 0 Å². The van der Waals surface area contributed by atoms with Gasteiger partial charge in [0.2, 0.25) is 0 Å². The first kappa shape index (κ1) is 15.3. The molecule has 0 saturated heterocycles. The lowest BCUT2D eigenvalue weighted by atomic mass is 10.1. The minimum atomic E-state index is 0.211. The highest BCUT2D eigenvalue weighted by Gasteiger charge is 2.04. The molecule has 0 radical (unpaired) electrons. The molecule has 5 heteroatoms. The quantitative estimate of drug-likeness (QED) is 0.450. The Balaban J connectivity index is 2.32. The van der Waals surface area contributed by atoms with Crippen LogP contribution in [0, 0.1) is 0 Å². The highest BCUT2D eigenvalue weighted by atomic mass is 79.9. The van der Waals surface area contributed by atoms with Crippen molar-refractivity contribution >= 4 is 75.9 Å². The third kappa shape index (κ3) is 4.18. The van der Waals surface area contributed by atoms with Crippen LogP contribution >= 0.6 is 63.7 Å². The summed E-state index contributed by atoms with van der Waals surface area (Å²) in [4.78, 5) is 0. The zero-order chi connectivity index (χ0) is 14.0. The zero-order valence-electron chi connectivity index (χ0n) is 9.50. The fourth-order valence-corrected chi connectivity index (χ4v) is 4.10. The molecule has 0 aliphatic carbocycles. The maximum absolute atomic E-state index is 9.66. The van der Waals surface area contributed by atoms with Gasteiger partial charge in [-0.15, -0.1) is 0 Å². The van der Waals surface area contributed by atoms with Gasteiger partial charge in [0.15, 0.2) is 0 Å². The first-order valence-corrected chi connectivity index (χ1v) is 8.45. The molecule has 19 heavy (non-hydrogen) atoms. The SMILES string of the molecule is Oc1c(Br)cc(/C=C/c2cc(Br)cc(Br)c2)cc1Br. The molecule has 0 heterocycles. The zero-order valence-corrected chi connectivity index (χ0v) is 15.8. The van der Waals surface area contributed by atoms with Crippen LogP contribution in [0.5, 0.6) is 5.75 Å². The predicted molar refractivity (Wildman–Crippen MR) is 94.3 cm³/mol. The van der Waals surface area contributed by atoms with Crippen LogP contribution in [0.4, 0.5) is 0 Å². The van der Waals surface area contributed by atoms with Gasteiger partial charge in [-0.2, -0.15) is 0 Å². The Labute approximate surface area is 145 Å². The van der Waals surface area contributed by atoms with Crippen molar-refractivity contribution in [3.8, 4) is 5.75 Å². The Kier molecular flexibility index (Phi) is 5.29. The van der Waals surface area contributed by atoms with E-state index in [0.717, 1.165) is 20.1 Å². The summed E-state index contributed by atoms with van der Waals surface area (Å²) in [6.45, 7) is 0. The van der Waals surface area contributed by atoms with E-state index in [1.54, 1.807) is 0 Å². The van der Waals surface area contributed by atoms with E-state index in [1.807, 2.05) is 42.5 Å². The second-order valence-corrected chi connectivity index (χ2v) is 7.41. The molecule has 2 aromatic rings. The van der Waals surface area contributed by atoms with Crippen molar-refractivity contribution in [3.05, 3.63) is 59.3 Å². The number of rotatable bonds is 2. The summed E-state index contributed by atoms with van der Waals surface area (Å²) in [5.74, 6) is 0.211. The Bertz CT molecular complexity index is 607. The normalized spacial score (nSPS) is 11.2. The monoisotopic (exact) mass is 508 g/mol. The lowest BCUT2D eigenvalue weighted by Gasteiger charge is -2.02. The van der Waals surface area contributed by atoms with E-state index < -0.39 is 0 Å². The largest absolute Gasteiger partial charge is 0.506 e. The first-order valence-electron chi connectivity index (χ1n) is 5.28. The summed E-state index contributed by atoms with van der Waals surface area (Å²) in [5, 5.41) is 9.66. The summed E-state index contributed by atoms with van der Waals surface area (Å²) >= 11 is 13.6. The van der Waals surface area contributed by atoms with Crippen molar-refractivity contribution in [2.75, 3.05) is 0 Å². The molecule has 1 N–H and O–H groups in total. The van der Waals surface area contributed by atoms with Gasteiger partial charge < -0.3 is 5.11 Å². The Morgan fingerprint density at radius 1 is 0.684 bits per heavy atom. The van der Waals surface area contributed by atoms with Crippen LogP contribution in [-0.4, -0.2) is 5.11 Å². The van der Waals surface area contributed by atoms with Crippen LogP contribution in [0.15, 0.2) is 48.2 Å². The molecule has 1 nitrogen and oxygen atoms in total. The van der Waals surface area contributed by atoms with Crippen molar-refractivity contribution in [2.24, 2.45) is 0 Å². The highest BCUT2D eigenvalue weighted by molar-refractivity contribution is 9.11. The minimum Gasteiger partial charge on any atom is -0.506 e. The second-order valence-electron chi connectivity index (χ2n) is 3.87. The van der Waals surface area contributed by atoms with Crippen LogP contribution in [-0.2, 0) is 0 Å². The number of phenols is 1. The van der Waals surface area contributed by atoms with E-state index in [2.05, 4.69) is 63.7 Å². The predicted octanol–water partition coefficient (Wildman–Crippen LogP) is 6.61. The molecule has 0 bridgehead atoms. The second kappa shape index (κ2) is 6.57. The van der Waals surface area contributed by atoms with Gasteiger partial charge >= 0.3 is 0 Å². The number of hydrogen-bond acceptors (Lipinski definition) is 1. The summed E-state index contributed by atoms with van der Waals surface area (Å²) in [7, 11) is 0. The van der Waals surface area contributed by atoms with Gasteiger partial charge in [0, 0.05) is 8.95 Å². The number of aromatic hydroxyl groups is 1. The summed E-state index contributed by atoms with van der Waals surface area (Å²) in [6.07, 6.45) is 4.00. The van der Waals surface area contributed by atoms with E-state index in [0.29, 0.717) is 8.95 Å². The molecular formula is C14H8Br4O. The third-order valence-electron chi connectivity index (χ3n) is 2.39. The molecule has 0 unspecified atom stereocenters. The van der Waals surface area contributed by atoms with Crippen LogP contribution in [0.2, 0.25) is 0 Å². The molecule has 2 rings (SSSR count). The summed E-state index contributed by atoms with van der Waals surface area (Å²) in [5.41, 5.74) is 2.08. The van der Waals surface area contributed by atoms with E-state index in [4.69, 9.17) is 0 Å². The molecule has 0 fully saturated rings. The van der Waals surface area contributed by atoms with E-state index in [1.165, 1.54) is 0 Å². The van der Waals surface area contributed by atoms with Crippen LogP contribution < -0.4 is 0 Å². The number of benzene rings is 2. The van der Waals surface area contributed by atoms with E-state index in [-0.39, 0.29) is 5.75 Å². The lowest BCUT2D eigenvalue weighted by molar-refractivity contribution is 0.468. The average Bonchev–Trinajstić information content (AvgIpc) is 2.32. The Morgan fingerprint density at radius 2 is 1.11 bits per heavy atom. The van der Waals surface area contributed by atoms with Crippen molar-refractivity contribution in [2.45, 2.75) is 0 Å². The molecule has 0 aromatic heterocycles. The van der Waals surface area contributed by atoms with Gasteiger partial charge in [-0.05, 0) is 73.3 Å². The molecular weight excluding hydrogens is 504 g/mol. The molecule has 0 atom stereocenters. The smallest absolute Gasteiger partial charge is 0.143 e. The van der Waals surface area contributed by atoms with Crippen molar-refractivity contribution < 1.29 is 5.11 Å². The third-order valence-corrected chi connectivity index (χ3v) is 4.52. The van der Waals surface area contributed by atoms with E-state index in [9.17, 15) is 5.11 Å². The van der Waals surface area contributed by atoms with Gasteiger partial charge in [-0.3, -0.25) is 0 Å². The molecule has 0 aliphatic heterocycles. The first-order chi connectivity index (χ1) is 8.95. The van der Waals surface area contributed by atoms with Crippen molar-refractivity contribution in [1.29, 1.82) is 0 Å². The molecule has 0 aliphatic rings. The van der Waals surface area contributed by atoms with Gasteiger partial charge in [-0.1, -0.05) is 44.0 Å². The average molecular weight is 512 g/mol. The van der Waals surface area contributed by atoms with E-state index >= 15 is 0 Å². The molecule has 98 valence electrons. The maximum atomic E-state index is 9.66. The topological polar surface area (TPSA) is 20.2 Å². The molecule has 2 aromatic carbocycles. The van der Waals surface area contributed by atoms with Crippen LogP contribution in [0.1, 0.15) is 11.1 Å². The number of hydrogen-bond donors (Lipinski definition) is 1. The fourth-order valence-electron chi connectivity index (χ4n) is 1.55. The van der Waals surface area contributed by atoms with Crippen LogP contribution in [0.3, 0.4) is 0 Å². The Hall–Kier alpha value is -0.100. The van der Waals surface area contributed by atoms with Crippen molar-refractivity contribution in [3.63, 3.8) is 0 Å². The molecule has 0 saturated carbocycles. The lowest BCUT2D eigenvalue weighted by Crippen LogP contribution is -1.78. The molecule has 0 spiro atoms. The number of halogens is 4.